The zero-order valence-corrected chi connectivity index (χ0v) is 16.3. The number of hydrogen-bond donors (Lipinski definition) is 0. The number of piperidine rings is 1. The first-order valence-electron chi connectivity index (χ1n) is 10.2. The van der Waals surface area contributed by atoms with E-state index in [9.17, 15) is 4.79 Å². The Labute approximate surface area is 170 Å². The molecule has 0 aliphatic carbocycles. The van der Waals surface area contributed by atoms with Crippen LogP contribution in [0.25, 0.3) is 0 Å². The van der Waals surface area contributed by atoms with Gasteiger partial charge in [-0.25, -0.2) is 4.98 Å². The van der Waals surface area contributed by atoms with Gasteiger partial charge in [0.2, 0.25) is 0 Å². The third kappa shape index (κ3) is 3.62. The van der Waals surface area contributed by atoms with Gasteiger partial charge in [-0.1, -0.05) is 0 Å². The molecule has 29 heavy (non-hydrogen) atoms. The van der Waals surface area contributed by atoms with Crippen molar-refractivity contribution in [1.82, 2.24) is 19.4 Å². The Balaban J connectivity index is 1.32. The Morgan fingerprint density at radius 2 is 2.07 bits per heavy atom. The Morgan fingerprint density at radius 3 is 2.97 bits per heavy atom. The number of carbonyl (C=O) groups is 1. The molecule has 148 valence electrons. The standard InChI is InChI=1S/C23H24N4O2/c28-23(19-3-4-21-18(14-19)7-13-29-21)27-11-1-2-20(16-27)22-25-10-12-26(22)15-17-5-8-24-9-6-17/h3-6,8-10,12,14,20H,1-2,7,11,13,15-16H2/t20-/m0/s1. The molecule has 6 heteroatoms. The number of amides is 1. The number of fused-ring (bicyclic) bond motifs is 1. The van der Waals surface area contributed by atoms with Gasteiger partial charge in [0, 0.05) is 62.3 Å². The molecular weight excluding hydrogens is 364 g/mol. The quantitative estimate of drug-likeness (QED) is 0.688. The van der Waals surface area contributed by atoms with Crippen LogP contribution in [0.3, 0.4) is 0 Å². The van der Waals surface area contributed by atoms with Gasteiger partial charge in [0.15, 0.2) is 0 Å². The second-order valence-corrected chi connectivity index (χ2v) is 7.78. The monoisotopic (exact) mass is 388 g/mol. The molecule has 0 radical (unpaired) electrons. The summed E-state index contributed by atoms with van der Waals surface area (Å²) in [6.07, 6.45) is 10.4. The largest absolute Gasteiger partial charge is 0.493 e. The van der Waals surface area contributed by atoms with Gasteiger partial charge < -0.3 is 14.2 Å². The van der Waals surface area contributed by atoms with Gasteiger partial charge >= 0.3 is 0 Å². The zero-order chi connectivity index (χ0) is 19.6. The predicted octanol–water partition coefficient (Wildman–Crippen LogP) is 3.28. The summed E-state index contributed by atoms with van der Waals surface area (Å²) in [6, 6.07) is 9.87. The summed E-state index contributed by atoms with van der Waals surface area (Å²) in [7, 11) is 0. The molecule has 4 heterocycles. The second-order valence-electron chi connectivity index (χ2n) is 7.78. The number of hydrogen-bond acceptors (Lipinski definition) is 4. The number of benzene rings is 1. The summed E-state index contributed by atoms with van der Waals surface area (Å²) >= 11 is 0. The smallest absolute Gasteiger partial charge is 0.253 e. The highest BCUT2D eigenvalue weighted by Crippen LogP contribution is 2.29. The number of carbonyl (C=O) groups excluding carboxylic acids is 1. The van der Waals surface area contributed by atoms with Gasteiger partial charge in [-0.05, 0) is 54.3 Å². The first-order valence-corrected chi connectivity index (χ1v) is 10.2. The van der Waals surface area contributed by atoms with Crippen molar-refractivity contribution in [3.8, 4) is 5.75 Å². The summed E-state index contributed by atoms with van der Waals surface area (Å²) in [5.41, 5.74) is 3.09. The fourth-order valence-electron chi connectivity index (χ4n) is 4.37. The lowest BCUT2D eigenvalue weighted by atomic mass is 9.96. The topological polar surface area (TPSA) is 60.2 Å². The van der Waals surface area contributed by atoms with Gasteiger partial charge in [0.25, 0.3) is 5.91 Å². The van der Waals surface area contributed by atoms with E-state index < -0.39 is 0 Å². The molecule has 0 saturated carbocycles. The van der Waals surface area contributed by atoms with Crippen LogP contribution in [0.4, 0.5) is 0 Å². The molecule has 1 atom stereocenters. The van der Waals surface area contributed by atoms with Crippen LogP contribution in [0.2, 0.25) is 0 Å². The minimum atomic E-state index is 0.108. The van der Waals surface area contributed by atoms with Crippen molar-refractivity contribution in [1.29, 1.82) is 0 Å². The van der Waals surface area contributed by atoms with E-state index in [1.807, 2.05) is 60.0 Å². The van der Waals surface area contributed by atoms with Crippen LogP contribution in [0.1, 0.15) is 46.1 Å². The second kappa shape index (κ2) is 7.70. The van der Waals surface area contributed by atoms with Gasteiger partial charge in [-0.2, -0.15) is 0 Å². The van der Waals surface area contributed by atoms with Gasteiger partial charge in [0.1, 0.15) is 11.6 Å². The van der Waals surface area contributed by atoms with Crippen molar-refractivity contribution in [2.75, 3.05) is 19.7 Å². The lowest BCUT2D eigenvalue weighted by Crippen LogP contribution is -2.39. The van der Waals surface area contributed by atoms with E-state index in [0.717, 1.165) is 55.1 Å². The van der Waals surface area contributed by atoms with Crippen LogP contribution in [0, 0.1) is 0 Å². The number of ether oxygens (including phenoxy) is 1. The van der Waals surface area contributed by atoms with E-state index >= 15 is 0 Å². The number of nitrogens with zero attached hydrogens (tertiary/aromatic N) is 4. The summed E-state index contributed by atoms with van der Waals surface area (Å²) in [5, 5.41) is 0. The molecule has 1 saturated heterocycles. The van der Waals surface area contributed by atoms with Gasteiger partial charge in [-0.3, -0.25) is 9.78 Å². The van der Waals surface area contributed by atoms with E-state index in [1.165, 1.54) is 5.56 Å². The maximum absolute atomic E-state index is 13.1. The van der Waals surface area contributed by atoms with Crippen molar-refractivity contribution in [2.45, 2.75) is 31.7 Å². The Morgan fingerprint density at radius 1 is 1.17 bits per heavy atom. The normalized spacial score (nSPS) is 18.3. The highest BCUT2D eigenvalue weighted by atomic mass is 16.5. The molecule has 2 aromatic heterocycles. The fraction of sp³-hybridized carbons (Fsp3) is 0.348. The summed E-state index contributed by atoms with van der Waals surface area (Å²) in [5.74, 6) is 2.33. The van der Waals surface area contributed by atoms with Crippen molar-refractivity contribution in [3.05, 3.63) is 77.6 Å². The van der Waals surface area contributed by atoms with E-state index in [4.69, 9.17) is 4.74 Å². The van der Waals surface area contributed by atoms with Crippen LogP contribution < -0.4 is 4.74 Å². The SMILES string of the molecule is O=C(c1ccc2c(c1)CCO2)N1CCC[C@H](c2nccn2Cc2ccncc2)C1. The van der Waals surface area contributed by atoms with Crippen LogP contribution >= 0.6 is 0 Å². The van der Waals surface area contributed by atoms with Crippen molar-refractivity contribution in [2.24, 2.45) is 0 Å². The van der Waals surface area contributed by atoms with Crippen molar-refractivity contribution in [3.63, 3.8) is 0 Å². The van der Waals surface area contributed by atoms with Crippen molar-refractivity contribution >= 4 is 5.91 Å². The van der Waals surface area contributed by atoms with Crippen LogP contribution in [-0.4, -0.2) is 45.0 Å². The third-order valence-electron chi connectivity index (χ3n) is 5.86. The molecule has 6 nitrogen and oxygen atoms in total. The maximum atomic E-state index is 13.1. The van der Waals surface area contributed by atoms with Crippen LogP contribution in [0.15, 0.2) is 55.1 Å². The number of aromatic nitrogens is 3. The average molecular weight is 388 g/mol. The fourth-order valence-corrected chi connectivity index (χ4v) is 4.37. The zero-order valence-electron chi connectivity index (χ0n) is 16.3. The molecule has 2 aliphatic heterocycles. The summed E-state index contributed by atoms with van der Waals surface area (Å²) < 4.78 is 7.76. The van der Waals surface area contributed by atoms with Crippen LogP contribution in [0.5, 0.6) is 5.75 Å². The van der Waals surface area contributed by atoms with E-state index in [-0.39, 0.29) is 11.8 Å². The van der Waals surface area contributed by atoms with Crippen LogP contribution in [-0.2, 0) is 13.0 Å². The maximum Gasteiger partial charge on any atom is 0.253 e. The Hall–Kier alpha value is -3.15. The summed E-state index contributed by atoms with van der Waals surface area (Å²) in [4.78, 5) is 23.9. The highest BCUT2D eigenvalue weighted by molar-refractivity contribution is 5.94. The molecule has 0 bridgehead atoms. The molecule has 3 aromatic rings. The first kappa shape index (κ1) is 17.9. The molecule has 1 aromatic carbocycles. The molecule has 1 amide bonds. The van der Waals surface area contributed by atoms with E-state index in [1.54, 1.807) is 0 Å². The van der Waals surface area contributed by atoms with E-state index in [0.29, 0.717) is 13.2 Å². The summed E-state index contributed by atoms with van der Waals surface area (Å²) in [6.45, 7) is 2.99. The van der Waals surface area contributed by atoms with Gasteiger partial charge in [0.05, 0.1) is 6.61 Å². The van der Waals surface area contributed by atoms with E-state index in [2.05, 4.69) is 14.5 Å². The molecule has 0 unspecified atom stereocenters. The number of pyridine rings is 1. The number of rotatable bonds is 4. The third-order valence-corrected chi connectivity index (χ3v) is 5.86. The lowest BCUT2D eigenvalue weighted by molar-refractivity contribution is 0.0703. The van der Waals surface area contributed by atoms with Crippen molar-refractivity contribution < 1.29 is 9.53 Å². The first-order chi connectivity index (χ1) is 14.3. The predicted molar refractivity (Wildman–Crippen MR) is 109 cm³/mol. The number of imidazole rings is 1. The average Bonchev–Trinajstić information content (AvgIpc) is 3.43. The molecule has 1 fully saturated rings. The Bertz CT molecular complexity index is 1010. The Kier molecular flexibility index (Phi) is 4.76. The van der Waals surface area contributed by atoms with Gasteiger partial charge in [-0.15, -0.1) is 0 Å². The highest BCUT2D eigenvalue weighted by Gasteiger charge is 2.28. The molecule has 2 aliphatic rings. The molecular formula is C23H24N4O2. The minimum Gasteiger partial charge on any atom is -0.493 e. The molecule has 0 N–H and O–H groups in total. The molecule has 0 spiro atoms. The molecule has 5 rings (SSSR count). The minimum absolute atomic E-state index is 0.108. The lowest BCUT2D eigenvalue weighted by Gasteiger charge is -2.33. The number of likely N-dealkylation sites (tertiary alicyclic amines) is 1.